The number of carbonyl (C=O) groups excluding carboxylic acids is 2. The minimum atomic E-state index is -0.323. The van der Waals surface area contributed by atoms with Crippen LogP contribution in [0.4, 0.5) is 0 Å². The quantitative estimate of drug-likeness (QED) is 0.505. The van der Waals surface area contributed by atoms with E-state index in [1.807, 2.05) is 12.1 Å². The van der Waals surface area contributed by atoms with Crippen LogP contribution < -0.4 is 0 Å². The van der Waals surface area contributed by atoms with Crippen LogP contribution in [0.5, 0.6) is 0 Å². The molecule has 1 heterocycles. The number of hydrogen-bond donors (Lipinski definition) is 0. The molecule has 5 heteroatoms. The Morgan fingerprint density at radius 1 is 1.18 bits per heavy atom. The van der Waals surface area contributed by atoms with Crippen molar-refractivity contribution in [1.82, 2.24) is 4.90 Å². The summed E-state index contributed by atoms with van der Waals surface area (Å²) in [6.07, 6.45) is 4.82. The monoisotopic (exact) mass is 387 g/mol. The summed E-state index contributed by atoms with van der Waals surface area (Å²) in [5.74, 6) is 0.300. The zero-order valence-electron chi connectivity index (χ0n) is 17.2. The Morgan fingerprint density at radius 3 is 2.75 bits per heavy atom. The molecule has 0 radical (unpaired) electrons. The van der Waals surface area contributed by atoms with Crippen molar-refractivity contribution in [1.29, 1.82) is 0 Å². The van der Waals surface area contributed by atoms with Gasteiger partial charge in [0.25, 0.3) is 0 Å². The molecular formula is C23H33NO4. The van der Waals surface area contributed by atoms with Crippen LogP contribution in [0.2, 0.25) is 0 Å². The summed E-state index contributed by atoms with van der Waals surface area (Å²) < 4.78 is 11.1. The van der Waals surface area contributed by atoms with Crippen LogP contribution in [-0.2, 0) is 27.1 Å². The highest BCUT2D eigenvalue weighted by Gasteiger charge is 2.22. The van der Waals surface area contributed by atoms with E-state index in [9.17, 15) is 9.59 Å². The summed E-state index contributed by atoms with van der Waals surface area (Å²) in [6.45, 7) is 8.08. The lowest BCUT2D eigenvalue weighted by molar-refractivity contribution is -0.150. The van der Waals surface area contributed by atoms with Crippen LogP contribution in [0.15, 0.2) is 18.2 Å². The number of hydrogen-bond acceptors (Lipinski definition) is 5. The third kappa shape index (κ3) is 6.14. The van der Waals surface area contributed by atoms with Crippen molar-refractivity contribution in [2.24, 2.45) is 5.92 Å². The van der Waals surface area contributed by atoms with E-state index in [1.165, 1.54) is 24.0 Å². The predicted octanol–water partition coefficient (Wildman–Crippen LogP) is 3.43. The van der Waals surface area contributed by atoms with E-state index in [2.05, 4.69) is 24.8 Å². The normalized spacial score (nSPS) is 20.0. The van der Waals surface area contributed by atoms with Gasteiger partial charge in [0.15, 0.2) is 5.78 Å². The number of Topliss-reactive ketones (excluding diaryl/α,β-unsaturated/α-hetero) is 1. The number of ether oxygens (including phenoxy) is 2. The van der Waals surface area contributed by atoms with Gasteiger partial charge in [0.2, 0.25) is 0 Å². The fraction of sp³-hybridized carbons (Fsp3) is 0.652. The van der Waals surface area contributed by atoms with Crippen molar-refractivity contribution >= 4 is 11.8 Å². The Hall–Kier alpha value is -1.72. The average Bonchev–Trinajstić information content (AvgIpc) is 2.70. The van der Waals surface area contributed by atoms with Crippen LogP contribution in [0.25, 0.3) is 0 Å². The highest BCUT2D eigenvalue weighted by molar-refractivity contribution is 5.97. The van der Waals surface area contributed by atoms with Gasteiger partial charge in [0, 0.05) is 31.6 Å². The average molecular weight is 388 g/mol. The molecule has 1 aromatic carbocycles. The topological polar surface area (TPSA) is 55.8 Å². The summed E-state index contributed by atoms with van der Waals surface area (Å²) in [4.78, 5) is 26.9. The van der Waals surface area contributed by atoms with E-state index < -0.39 is 0 Å². The molecule has 1 aliphatic carbocycles. The second-order valence-electron chi connectivity index (χ2n) is 8.44. The number of esters is 1. The number of rotatable bonds is 8. The van der Waals surface area contributed by atoms with Crippen molar-refractivity contribution in [3.8, 4) is 0 Å². The molecule has 0 amide bonds. The van der Waals surface area contributed by atoms with Crippen molar-refractivity contribution in [2.45, 2.75) is 58.5 Å². The highest BCUT2D eigenvalue weighted by Crippen LogP contribution is 2.23. The number of morpholine rings is 1. The van der Waals surface area contributed by atoms with Gasteiger partial charge >= 0.3 is 5.97 Å². The maximum Gasteiger partial charge on any atom is 0.306 e. The van der Waals surface area contributed by atoms with E-state index in [0.717, 1.165) is 32.5 Å². The Kier molecular flexibility index (Phi) is 7.63. The largest absolute Gasteiger partial charge is 0.463 e. The number of nitrogens with zero attached hydrogens (tertiary/aromatic N) is 1. The van der Waals surface area contributed by atoms with Gasteiger partial charge in [-0.25, -0.2) is 0 Å². The lowest BCUT2D eigenvalue weighted by Gasteiger charge is -2.33. The lowest BCUT2D eigenvalue weighted by Crippen LogP contribution is -2.45. The molecule has 1 aliphatic heterocycles. The molecule has 0 aromatic heterocycles. The van der Waals surface area contributed by atoms with Gasteiger partial charge in [-0.05, 0) is 48.8 Å². The van der Waals surface area contributed by atoms with Gasteiger partial charge in [-0.15, -0.1) is 0 Å². The highest BCUT2D eigenvalue weighted by atomic mass is 16.6. The van der Waals surface area contributed by atoms with Gasteiger partial charge in [-0.1, -0.05) is 26.0 Å². The number of benzene rings is 1. The van der Waals surface area contributed by atoms with Gasteiger partial charge in [-0.2, -0.15) is 0 Å². The Labute approximate surface area is 168 Å². The first kappa shape index (κ1) is 21.0. The maximum atomic E-state index is 12.4. The smallest absolute Gasteiger partial charge is 0.306 e. The zero-order chi connectivity index (χ0) is 19.9. The Balaban J connectivity index is 1.40. The van der Waals surface area contributed by atoms with Gasteiger partial charge in [-0.3, -0.25) is 14.5 Å². The summed E-state index contributed by atoms with van der Waals surface area (Å²) in [6, 6.07) is 5.99. The third-order valence-electron chi connectivity index (χ3n) is 5.50. The van der Waals surface area contributed by atoms with Crippen LogP contribution in [-0.4, -0.2) is 55.6 Å². The van der Waals surface area contributed by atoms with Gasteiger partial charge < -0.3 is 9.47 Å². The molecule has 0 bridgehead atoms. The van der Waals surface area contributed by atoms with Crippen LogP contribution in [0.1, 0.15) is 61.0 Å². The molecule has 0 spiro atoms. The van der Waals surface area contributed by atoms with Crippen molar-refractivity contribution in [3.63, 3.8) is 0 Å². The number of ketones is 1. The summed E-state index contributed by atoms with van der Waals surface area (Å²) >= 11 is 0. The van der Waals surface area contributed by atoms with E-state index in [4.69, 9.17) is 9.47 Å². The molecule has 5 nitrogen and oxygen atoms in total. The van der Waals surface area contributed by atoms with E-state index in [0.29, 0.717) is 18.1 Å². The molecule has 2 aliphatic rings. The van der Waals surface area contributed by atoms with Gasteiger partial charge in [0.1, 0.15) is 12.7 Å². The Bertz CT molecular complexity index is 685. The first-order valence-corrected chi connectivity index (χ1v) is 10.7. The lowest BCUT2D eigenvalue weighted by atomic mass is 9.89. The first-order chi connectivity index (χ1) is 13.5. The van der Waals surface area contributed by atoms with Gasteiger partial charge in [0.05, 0.1) is 13.0 Å². The predicted molar refractivity (Wildman–Crippen MR) is 109 cm³/mol. The van der Waals surface area contributed by atoms with Crippen LogP contribution >= 0.6 is 0 Å². The fourth-order valence-electron chi connectivity index (χ4n) is 4.09. The second-order valence-corrected chi connectivity index (χ2v) is 8.44. The number of aryl methyl sites for hydroxylation is 2. The number of carbonyl (C=O) groups is 2. The fourth-order valence-corrected chi connectivity index (χ4v) is 4.09. The SMILES string of the molecule is CC(C)CN1CCOC(COC(=O)CCC(=O)c2ccc3c(c2)CCCC3)C1. The molecule has 28 heavy (non-hydrogen) atoms. The molecule has 0 saturated carbocycles. The summed E-state index contributed by atoms with van der Waals surface area (Å²) in [5, 5.41) is 0. The minimum Gasteiger partial charge on any atom is -0.463 e. The van der Waals surface area contributed by atoms with Crippen molar-refractivity contribution in [2.75, 3.05) is 32.8 Å². The van der Waals surface area contributed by atoms with E-state index in [1.54, 1.807) is 0 Å². The first-order valence-electron chi connectivity index (χ1n) is 10.7. The summed E-state index contributed by atoms with van der Waals surface area (Å²) in [7, 11) is 0. The third-order valence-corrected chi connectivity index (χ3v) is 5.50. The Morgan fingerprint density at radius 2 is 1.96 bits per heavy atom. The molecule has 0 N–H and O–H groups in total. The van der Waals surface area contributed by atoms with Crippen molar-refractivity contribution in [3.05, 3.63) is 34.9 Å². The molecular weight excluding hydrogens is 354 g/mol. The standard InChI is InChI=1S/C23H33NO4/c1-17(2)14-24-11-12-27-21(15-24)16-28-23(26)10-9-22(25)20-8-7-18-5-3-4-6-19(18)13-20/h7-8,13,17,21H,3-6,9-12,14-16H2,1-2H3. The molecule has 154 valence electrons. The number of fused-ring (bicyclic) bond motifs is 1. The maximum absolute atomic E-state index is 12.4. The molecule has 1 unspecified atom stereocenters. The van der Waals surface area contributed by atoms with Crippen molar-refractivity contribution < 1.29 is 19.1 Å². The minimum absolute atomic E-state index is 0.0161. The zero-order valence-corrected chi connectivity index (χ0v) is 17.2. The van der Waals surface area contributed by atoms with E-state index in [-0.39, 0.29) is 37.3 Å². The molecule has 1 fully saturated rings. The second kappa shape index (κ2) is 10.2. The molecule has 1 atom stereocenters. The van der Waals surface area contributed by atoms with Crippen LogP contribution in [0.3, 0.4) is 0 Å². The van der Waals surface area contributed by atoms with Crippen LogP contribution in [0, 0.1) is 5.92 Å². The van der Waals surface area contributed by atoms with E-state index >= 15 is 0 Å². The molecule has 1 saturated heterocycles. The molecule has 1 aromatic rings. The molecule has 3 rings (SSSR count). The summed E-state index contributed by atoms with van der Waals surface area (Å²) in [5.41, 5.74) is 3.37.